The minimum absolute atomic E-state index is 0. The molecule has 2 unspecified atom stereocenters. The summed E-state index contributed by atoms with van der Waals surface area (Å²) in [5.41, 5.74) is 8.99. The van der Waals surface area contributed by atoms with Gasteiger partial charge in [0.05, 0.1) is 0 Å². The van der Waals surface area contributed by atoms with Crippen molar-refractivity contribution < 1.29 is 45.1 Å². The van der Waals surface area contributed by atoms with Gasteiger partial charge in [0.25, 0.3) is 0 Å². The molecule has 1 aliphatic heterocycles. The molecular weight excluding hydrogens is 498 g/mol. The summed E-state index contributed by atoms with van der Waals surface area (Å²) in [6.45, 7) is 9.73. The van der Waals surface area contributed by atoms with Crippen molar-refractivity contribution in [3.63, 3.8) is 0 Å². The monoisotopic (exact) mass is 526 g/mol. The Kier molecular flexibility index (Phi) is 7.42. The van der Waals surface area contributed by atoms with Crippen LogP contribution in [-0.2, 0) is 20.3 Å². The van der Waals surface area contributed by atoms with E-state index in [0.29, 0.717) is 11.8 Å². The van der Waals surface area contributed by atoms with Crippen LogP contribution < -0.4 is 24.8 Å². The zero-order chi connectivity index (χ0) is 20.2. The molecule has 0 aromatic heterocycles. The third-order valence-corrected chi connectivity index (χ3v) is 20.1. The molecule has 0 spiro atoms. The maximum absolute atomic E-state index is 2.55. The second-order valence-electron chi connectivity index (χ2n) is 9.13. The number of benzene rings is 2. The molecule has 0 N–H and O–H groups in total. The molecule has 0 nitrogen and oxygen atoms in total. The summed E-state index contributed by atoms with van der Waals surface area (Å²) < 4.78 is 6.80. The molecule has 1 heterocycles. The Hall–Kier alpha value is -1.14. The van der Waals surface area contributed by atoms with E-state index >= 15 is 0 Å². The first kappa shape index (κ1) is 24.5. The zero-order valence-electron chi connectivity index (χ0n) is 18.8. The van der Waals surface area contributed by atoms with Crippen LogP contribution in [0, 0.1) is 11.8 Å². The SMILES string of the molecule is CC1=[C]([Zr+2]2([C]3=C(C)C(c4ccccc4)=CC3C)[CH2][CH2]2)C(C)C=C1c1ccccc1.[Cl-].[Cl-]. The molecule has 2 aliphatic carbocycles. The smallest absolute Gasteiger partial charge is 1.00 e. The molecule has 160 valence electrons. The predicted molar refractivity (Wildman–Crippen MR) is 122 cm³/mol. The normalized spacial score (nSPS) is 22.7. The van der Waals surface area contributed by atoms with Crippen LogP contribution >= 0.6 is 0 Å². The van der Waals surface area contributed by atoms with E-state index in [1.807, 2.05) is 6.56 Å². The molecule has 3 aliphatic rings. The Labute approximate surface area is 204 Å². The van der Waals surface area contributed by atoms with Crippen LogP contribution in [0.5, 0.6) is 0 Å². The first-order valence-corrected chi connectivity index (χ1v) is 16.9. The average molecular weight is 529 g/mol. The summed E-state index contributed by atoms with van der Waals surface area (Å²) in [4.78, 5) is 0. The molecule has 0 radical (unpaired) electrons. The maximum Gasteiger partial charge on any atom is -1.00 e. The minimum atomic E-state index is -2.46. The quantitative estimate of drug-likeness (QED) is 0.570. The van der Waals surface area contributed by atoms with Gasteiger partial charge >= 0.3 is 181 Å². The molecule has 5 rings (SSSR count). The fourth-order valence-electron chi connectivity index (χ4n) is 6.15. The fourth-order valence-corrected chi connectivity index (χ4v) is 22.6. The standard InChI is InChI=1S/2C13H13.C2H4.2ClH.Zr/c2*1-10-8-11(2)13(9-10)12-6-4-3-5-7-12;1-2;;;/h2*3-7,9-10H,1-2H3;1-2H2;2*1H;/q;;;;;+2/p-2. The average Bonchev–Trinajstić information content (AvgIpc) is 3.36. The summed E-state index contributed by atoms with van der Waals surface area (Å²) in [5.74, 6) is 1.22. The third kappa shape index (κ3) is 4.03. The Bertz CT molecular complexity index is 1000. The number of halogens is 2. The topological polar surface area (TPSA) is 0 Å². The van der Waals surface area contributed by atoms with Gasteiger partial charge in [0.2, 0.25) is 0 Å². The molecule has 0 amide bonds. The molecule has 2 atom stereocenters. The van der Waals surface area contributed by atoms with E-state index in [2.05, 4.69) is 101 Å². The van der Waals surface area contributed by atoms with Gasteiger partial charge < -0.3 is 24.8 Å². The van der Waals surface area contributed by atoms with E-state index in [4.69, 9.17) is 0 Å². The number of rotatable bonds is 4. The first-order valence-electron chi connectivity index (χ1n) is 11.0. The van der Waals surface area contributed by atoms with Gasteiger partial charge in [0, 0.05) is 0 Å². The molecule has 1 fully saturated rings. The van der Waals surface area contributed by atoms with Crippen LogP contribution in [0.15, 0.2) is 90.5 Å². The van der Waals surface area contributed by atoms with Crippen molar-refractivity contribution in [2.24, 2.45) is 11.8 Å². The number of hydrogen-bond donors (Lipinski definition) is 0. The van der Waals surface area contributed by atoms with Gasteiger partial charge in [-0.15, -0.1) is 0 Å². The van der Waals surface area contributed by atoms with Crippen LogP contribution in [-0.4, -0.2) is 0 Å². The van der Waals surface area contributed by atoms with Gasteiger partial charge in [-0.05, 0) is 0 Å². The van der Waals surface area contributed by atoms with E-state index in [1.54, 1.807) is 11.1 Å². The zero-order valence-corrected chi connectivity index (χ0v) is 22.7. The molecule has 1 saturated heterocycles. The Morgan fingerprint density at radius 3 is 1.29 bits per heavy atom. The largest absolute Gasteiger partial charge is 1.00 e. The van der Waals surface area contributed by atoms with Crippen molar-refractivity contribution in [1.82, 2.24) is 0 Å². The first-order chi connectivity index (χ1) is 14.0. The summed E-state index contributed by atoms with van der Waals surface area (Å²) >= 11 is -2.46. The second kappa shape index (κ2) is 9.39. The van der Waals surface area contributed by atoms with Crippen LogP contribution in [0.3, 0.4) is 0 Å². The van der Waals surface area contributed by atoms with E-state index in [1.165, 1.54) is 30.5 Å². The van der Waals surface area contributed by atoms with Gasteiger partial charge in [-0.2, -0.15) is 0 Å². The van der Waals surface area contributed by atoms with Gasteiger partial charge in [-0.3, -0.25) is 0 Å². The second-order valence-corrected chi connectivity index (χ2v) is 19.6. The van der Waals surface area contributed by atoms with E-state index in [0.717, 1.165) is 0 Å². The summed E-state index contributed by atoms with van der Waals surface area (Å²) in [6.07, 6.45) is 5.11. The van der Waals surface area contributed by atoms with Gasteiger partial charge in [-0.25, -0.2) is 0 Å². The van der Waals surface area contributed by atoms with Crippen molar-refractivity contribution >= 4 is 11.1 Å². The van der Waals surface area contributed by atoms with Gasteiger partial charge in [0.15, 0.2) is 0 Å². The van der Waals surface area contributed by atoms with Crippen LogP contribution in [0.2, 0.25) is 8.26 Å². The van der Waals surface area contributed by atoms with Crippen molar-refractivity contribution in [2.75, 3.05) is 0 Å². The molecule has 0 saturated carbocycles. The van der Waals surface area contributed by atoms with Gasteiger partial charge in [0.1, 0.15) is 0 Å². The molecular formula is C28H30Cl2Zr. The van der Waals surface area contributed by atoms with Crippen molar-refractivity contribution in [1.29, 1.82) is 0 Å². The Balaban J connectivity index is 0.00000136. The molecule has 3 heteroatoms. The fraction of sp³-hybridized carbons (Fsp3) is 0.286. The Morgan fingerprint density at radius 2 is 0.968 bits per heavy atom. The van der Waals surface area contributed by atoms with E-state index in [-0.39, 0.29) is 24.8 Å². The third-order valence-electron chi connectivity index (χ3n) is 7.31. The van der Waals surface area contributed by atoms with Crippen molar-refractivity contribution in [3.05, 3.63) is 102 Å². The number of hydrogen-bond acceptors (Lipinski definition) is 0. The molecule has 31 heavy (non-hydrogen) atoms. The maximum atomic E-state index is 2.55. The van der Waals surface area contributed by atoms with Crippen LogP contribution in [0.4, 0.5) is 0 Å². The van der Waals surface area contributed by atoms with E-state index in [9.17, 15) is 0 Å². The Morgan fingerprint density at radius 1 is 0.613 bits per heavy atom. The van der Waals surface area contributed by atoms with Crippen LogP contribution in [0.1, 0.15) is 38.8 Å². The molecule has 0 bridgehead atoms. The minimum Gasteiger partial charge on any atom is -1.00 e. The van der Waals surface area contributed by atoms with Crippen LogP contribution in [0.25, 0.3) is 11.1 Å². The van der Waals surface area contributed by atoms with Crippen molar-refractivity contribution in [3.8, 4) is 0 Å². The van der Waals surface area contributed by atoms with Crippen molar-refractivity contribution in [2.45, 2.75) is 36.0 Å². The summed E-state index contributed by atoms with van der Waals surface area (Å²) in [7, 11) is 0. The van der Waals surface area contributed by atoms with E-state index < -0.39 is 20.3 Å². The molecule has 2 aromatic rings. The van der Waals surface area contributed by atoms with Gasteiger partial charge in [-0.1, -0.05) is 0 Å². The summed E-state index contributed by atoms with van der Waals surface area (Å²) in [6, 6.07) is 22.0. The summed E-state index contributed by atoms with van der Waals surface area (Å²) in [5, 5.41) is 0. The predicted octanol–water partition coefficient (Wildman–Crippen LogP) is 2.01. The molecule has 2 aromatic carbocycles. The number of allylic oxidation sites excluding steroid dienone is 8.